The molecule has 2 aliphatic heterocycles. The summed E-state index contributed by atoms with van der Waals surface area (Å²) in [6, 6.07) is 21.3. The van der Waals surface area contributed by atoms with Gasteiger partial charge in [0.1, 0.15) is 5.57 Å². The minimum Gasteiger partial charge on any atom is -0.367 e. The normalized spacial score (nSPS) is 16.8. The Morgan fingerprint density at radius 2 is 1.82 bits per heavy atom. The maximum atomic E-state index is 13.2. The first kappa shape index (κ1) is 22.3. The number of rotatable bonds is 4. The van der Waals surface area contributed by atoms with Crippen molar-refractivity contribution in [1.82, 2.24) is 5.32 Å². The molecule has 0 saturated carbocycles. The van der Waals surface area contributed by atoms with Crippen molar-refractivity contribution >= 4 is 58.2 Å². The summed E-state index contributed by atoms with van der Waals surface area (Å²) in [5.74, 6) is -0.919. The molecule has 3 aromatic carbocycles. The summed E-state index contributed by atoms with van der Waals surface area (Å²) >= 11 is 11.6. The molecule has 5 nitrogen and oxygen atoms in total. The van der Waals surface area contributed by atoms with Gasteiger partial charge >= 0.3 is 0 Å². The average Bonchev–Trinajstić information content (AvgIpc) is 3.21. The molecule has 1 fully saturated rings. The average molecular weight is 488 g/mol. The Hall–Kier alpha value is -3.48. The number of nitrogens with one attached hydrogen (secondary N) is 1. The number of benzene rings is 3. The number of fused-ring (bicyclic) bond motifs is 1. The third-order valence-corrected chi connectivity index (χ3v) is 6.77. The van der Waals surface area contributed by atoms with E-state index in [2.05, 4.69) is 10.2 Å². The molecule has 0 aromatic heterocycles. The molecule has 2 heterocycles. The largest absolute Gasteiger partial charge is 0.367 e. The number of anilines is 2. The number of carbonyl (C=O) groups is 2. The second kappa shape index (κ2) is 9.05. The second-order valence-electron chi connectivity index (χ2n) is 8.44. The van der Waals surface area contributed by atoms with E-state index in [1.807, 2.05) is 73.7 Å². The zero-order valence-corrected chi connectivity index (χ0v) is 20.1. The lowest BCUT2D eigenvalue weighted by molar-refractivity contribution is -0.122. The molecule has 7 heteroatoms. The minimum atomic E-state index is -0.487. The van der Waals surface area contributed by atoms with Crippen molar-refractivity contribution in [2.24, 2.45) is 0 Å². The smallest absolute Gasteiger partial charge is 0.270 e. The topological polar surface area (TPSA) is 52.7 Å². The van der Waals surface area contributed by atoms with E-state index in [0.717, 1.165) is 46.9 Å². The zero-order valence-electron chi connectivity index (χ0n) is 18.5. The number of aryl methyl sites for hydroxylation is 1. The number of hydrogen-bond donors (Lipinski definition) is 1. The molecule has 1 N–H and O–H groups in total. The number of amides is 2. The summed E-state index contributed by atoms with van der Waals surface area (Å²) in [4.78, 5) is 29.5. The van der Waals surface area contributed by atoms with E-state index < -0.39 is 11.8 Å². The van der Waals surface area contributed by atoms with Gasteiger partial charge in [0, 0.05) is 23.8 Å². The summed E-state index contributed by atoms with van der Waals surface area (Å²) in [7, 11) is 0. The molecule has 34 heavy (non-hydrogen) atoms. The summed E-state index contributed by atoms with van der Waals surface area (Å²) in [5.41, 5.74) is 5.95. The van der Waals surface area contributed by atoms with Crippen molar-refractivity contribution in [2.45, 2.75) is 19.9 Å². The predicted octanol–water partition coefficient (Wildman–Crippen LogP) is 5.04. The zero-order chi connectivity index (χ0) is 23.8. The van der Waals surface area contributed by atoms with Gasteiger partial charge in [-0.1, -0.05) is 53.6 Å². The maximum absolute atomic E-state index is 13.2. The lowest BCUT2D eigenvalue weighted by Gasteiger charge is -2.29. The molecule has 0 radical (unpaired) electrons. The third kappa shape index (κ3) is 4.22. The first-order valence-corrected chi connectivity index (χ1v) is 11.8. The van der Waals surface area contributed by atoms with Crippen LogP contribution in [-0.2, 0) is 22.6 Å². The predicted molar refractivity (Wildman–Crippen MR) is 140 cm³/mol. The molecular weight excluding hydrogens is 466 g/mol. The molecule has 3 aromatic rings. The van der Waals surface area contributed by atoms with Crippen LogP contribution in [0.2, 0.25) is 5.02 Å². The van der Waals surface area contributed by atoms with Gasteiger partial charge in [0.25, 0.3) is 11.8 Å². The lowest BCUT2D eigenvalue weighted by Crippen LogP contribution is -2.54. The number of hydrogen-bond acceptors (Lipinski definition) is 4. The van der Waals surface area contributed by atoms with Gasteiger partial charge in [-0.2, -0.15) is 0 Å². The number of thiocarbonyl (C=S) groups is 1. The number of nitrogens with zero attached hydrogens (tertiary/aromatic N) is 2. The fourth-order valence-corrected chi connectivity index (χ4v) is 4.81. The Balaban J connectivity index is 1.41. The van der Waals surface area contributed by atoms with Gasteiger partial charge in [0.05, 0.1) is 5.69 Å². The van der Waals surface area contributed by atoms with E-state index in [1.54, 1.807) is 6.08 Å². The standard InChI is InChI=1S/C27H22ClN3O2S/c1-17-6-9-21(10-7-17)31-26(33)22(25(32)29-27(31)34)15-18-8-11-24-19(14-18)12-13-30(24)16-20-4-2-3-5-23(20)28/h2-11,14-15H,12-13,16H2,1H3,(H,29,32,34). The van der Waals surface area contributed by atoms with Crippen molar-refractivity contribution in [3.8, 4) is 0 Å². The molecule has 0 spiro atoms. The van der Waals surface area contributed by atoms with E-state index in [4.69, 9.17) is 23.8 Å². The highest BCUT2D eigenvalue weighted by Gasteiger charge is 2.34. The Morgan fingerprint density at radius 1 is 1.06 bits per heavy atom. The van der Waals surface area contributed by atoms with E-state index >= 15 is 0 Å². The Kier molecular flexibility index (Phi) is 5.94. The van der Waals surface area contributed by atoms with Crippen LogP contribution in [0.25, 0.3) is 6.08 Å². The van der Waals surface area contributed by atoms with Gasteiger partial charge in [0.15, 0.2) is 5.11 Å². The van der Waals surface area contributed by atoms with Gasteiger partial charge < -0.3 is 4.90 Å². The van der Waals surface area contributed by atoms with E-state index in [-0.39, 0.29) is 10.7 Å². The molecule has 0 aliphatic carbocycles. The van der Waals surface area contributed by atoms with Crippen molar-refractivity contribution in [3.05, 3.63) is 99.6 Å². The monoisotopic (exact) mass is 487 g/mol. The fourth-order valence-electron chi connectivity index (χ4n) is 4.33. The SMILES string of the molecule is Cc1ccc(N2C(=O)C(=Cc3ccc4c(c3)CCN4Cc3ccccc3Cl)C(=O)NC2=S)cc1. The highest BCUT2D eigenvalue weighted by atomic mass is 35.5. The Bertz CT molecular complexity index is 1350. The van der Waals surface area contributed by atoms with Gasteiger partial charge in [-0.25, -0.2) is 0 Å². The van der Waals surface area contributed by atoms with Gasteiger partial charge in [-0.3, -0.25) is 19.8 Å². The van der Waals surface area contributed by atoms with Crippen LogP contribution in [0, 0.1) is 6.92 Å². The van der Waals surface area contributed by atoms with Crippen molar-refractivity contribution < 1.29 is 9.59 Å². The number of carbonyl (C=O) groups excluding carboxylic acids is 2. The van der Waals surface area contributed by atoms with Crippen LogP contribution >= 0.6 is 23.8 Å². The minimum absolute atomic E-state index is 0.0556. The molecule has 2 amide bonds. The van der Waals surface area contributed by atoms with Gasteiger partial charge in [-0.15, -0.1) is 0 Å². The lowest BCUT2D eigenvalue weighted by atomic mass is 10.0. The van der Waals surface area contributed by atoms with Crippen LogP contribution in [0.15, 0.2) is 72.3 Å². The molecule has 170 valence electrons. The maximum Gasteiger partial charge on any atom is 0.270 e. The molecule has 1 saturated heterocycles. The van der Waals surface area contributed by atoms with Crippen LogP contribution in [0.4, 0.5) is 11.4 Å². The summed E-state index contributed by atoms with van der Waals surface area (Å²) in [6.45, 7) is 3.59. The van der Waals surface area contributed by atoms with Crippen LogP contribution in [-0.4, -0.2) is 23.5 Å². The summed E-state index contributed by atoms with van der Waals surface area (Å²) in [5, 5.41) is 3.49. The van der Waals surface area contributed by atoms with Crippen molar-refractivity contribution in [3.63, 3.8) is 0 Å². The quantitative estimate of drug-likeness (QED) is 0.318. The molecule has 2 aliphatic rings. The summed E-state index contributed by atoms with van der Waals surface area (Å²) in [6.07, 6.45) is 2.52. The van der Waals surface area contributed by atoms with Crippen LogP contribution in [0.1, 0.15) is 22.3 Å². The fraction of sp³-hybridized carbons (Fsp3) is 0.148. The molecule has 0 bridgehead atoms. The highest BCUT2D eigenvalue weighted by molar-refractivity contribution is 7.80. The first-order valence-electron chi connectivity index (χ1n) is 11.0. The van der Waals surface area contributed by atoms with E-state index in [0.29, 0.717) is 5.69 Å². The van der Waals surface area contributed by atoms with Gasteiger partial charge in [-0.05, 0) is 78.7 Å². The van der Waals surface area contributed by atoms with Crippen molar-refractivity contribution in [2.75, 3.05) is 16.3 Å². The molecule has 5 rings (SSSR count). The molecule has 0 unspecified atom stereocenters. The highest BCUT2D eigenvalue weighted by Crippen LogP contribution is 2.32. The Labute approximate surface area is 208 Å². The van der Waals surface area contributed by atoms with Crippen LogP contribution in [0.5, 0.6) is 0 Å². The molecule has 0 atom stereocenters. The van der Waals surface area contributed by atoms with Crippen molar-refractivity contribution in [1.29, 1.82) is 0 Å². The second-order valence-corrected chi connectivity index (χ2v) is 9.24. The van der Waals surface area contributed by atoms with E-state index in [1.165, 1.54) is 10.5 Å². The summed E-state index contributed by atoms with van der Waals surface area (Å²) < 4.78 is 0. The number of halogens is 1. The third-order valence-electron chi connectivity index (χ3n) is 6.12. The Morgan fingerprint density at radius 3 is 2.59 bits per heavy atom. The first-order chi connectivity index (χ1) is 16.4. The van der Waals surface area contributed by atoms with Crippen LogP contribution in [0.3, 0.4) is 0 Å². The van der Waals surface area contributed by atoms with Gasteiger partial charge in [0.2, 0.25) is 0 Å². The van der Waals surface area contributed by atoms with Crippen LogP contribution < -0.4 is 15.1 Å². The van der Waals surface area contributed by atoms with E-state index in [9.17, 15) is 9.59 Å². The molecular formula is C27H22ClN3O2S.